The lowest BCUT2D eigenvalue weighted by Gasteiger charge is -1.92. The molecule has 0 aliphatic heterocycles. The summed E-state index contributed by atoms with van der Waals surface area (Å²) in [7, 11) is 0. The lowest BCUT2D eigenvalue weighted by molar-refractivity contribution is 0.448. The molecule has 0 spiro atoms. The van der Waals surface area contributed by atoms with Crippen molar-refractivity contribution in [2.45, 2.75) is 26.2 Å². The lowest BCUT2D eigenvalue weighted by Crippen LogP contribution is -1.97. The number of para-hydroxylation sites is 1. The van der Waals surface area contributed by atoms with Gasteiger partial charge in [0.1, 0.15) is 5.01 Å². The molecule has 0 atom stereocenters. The van der Waals surface area contributed by atoms with Crippen molar-refractivity contribution in [2.24, 2.45) is 0 Å². The highest BCUT2D eigenvalue weighted by molar-refractivity contribution is 7.16. The van der Waals surface area contributed by atoms with E-state index in [0.29, 0.717) is 6.42 Å². The summed E-state index contributed by atoms with van der Waals surface area (Å²) in [6.45, 7) is 2.12. The van der Waals surface area contributed by atoms with E-state index in [9.17, 15) is 0 Å². The standard InChI is InChI=1S/C14H13N5OS/c1-2-5-12-15-16-14-19(12)17-13(21-14)8-10-9-6-3-4-7-11(9)20-18-10/h3-4,6-7H,2,5,8H2,1H3. The number of fused-ring (bicyclic) bond motifs is 2. The quantitative estimate of drug-likeness (QED) is 0.579. The molecule has 4 aromatic rings. The SMILES string of the molecule is CCCc1nnc2sc(Cc3noc4ccccc34)nn12. The number of aromatic nitrogens is 5. The summed E-state index contributed by atoms with van der Waals surface area (Å²) in [5, 5.41) is 19.1. The number of nitrogens with zero attached hydrogens (tertiary/aromatic N) is 5. The Morgan fingerprint density at radius 2 is 2.14 bits per heavy atom. The number of hydrogen-bond donors (Lipinski definition) is 0. The van der Waals surface area contributed by atoms with Gasteiger partial charge in [-0.2, -0.15) is 9.61 Å². The van der Waals surface area contributed by atoms with Crippen molar-refractivity contribution in [1.29, 1.82) is 0 Å². The second-order valence-corrected chi connectivity index (χ2v) is 5.90. The minimum Gasteiger partial charge on any atom is -0.356 e. The molecule has 4 rings (SSSR count). The van der Waals surface area contributed by atoms with Crippen molar-refractivity contribution in [2.75, 3.05) is 0 Å². The third-order valence-corrected chi connectivity index (χ3v) is 4.24. The molecule has 0 fully saturated rings. The van der Waals surface area contributed by atoms with Crippen LogP contribution in [0.3, 0.4) is 0 Å². The van der Waals surface area contributed by atoms with Gasteiger partial charge in [0.25, 0.3) is 0 Å². The van der Waals surface area contributed by atoms with E-state index in [1.165, 1.54) is 0 Å². The van der Waals surface area contributed by atoms with Gasteiger partial charge in [-0.1, -0.05) is 35.5 Å². The minimum absolute atomic E-state index is 0.649. The molecule has 106 valence electrons. The fourth-order valence-electron chi connectivity index (χ4n) is 2.36. The average Bonchev–Trinajstić information content (AvgIpc) is 3.17. The molecule has 3 aromatic heterocycles. The summed E-state index contributed by atoms with van der Waals surface area (Å²) in [6.07, 6.45) is 2.56. The maximum atomic E-state index is 5.33. The summed E-state index contributed by atoms with van der Waals surface area (Å²) in [5.41, 5.74) is 1.72. The molecular weight excluding hydrogens is 286 g/mol. The van der Waals surface area contributed by atoms with Crippen LogP contribution in [-0.4, -0.2) is 25.0 Å². The van der Waals surface area contributed by atoms with Crippen LogP contribution in [0.4, 0.5) is 0 Å². The first-order valence-corrected chi connectivity index (χ1v) is 7.70. The largest absolute Gasteiger partial charge is 0.356 e. The monoisotopic (exact) mass is 299 g/mol. The molecule has 0 amide bonds. The average molecular weight is 299 g/mol. The van der Waals surface area contributed by atoms with Crippen LogP contribution in [0.15, 0.2) is 28.8 Å². The van der Waals surface area contributed by atoms with Crippen molar-refractivity contribution >= 4 is 27.3 Å². The zero-order valence-electron chi connectivity index (χ0n) is 11.5. The van der Waals surface area contributed by atoms with Crippen LogP contribution in [-0.2, 0) is 12.8 Å². The molecule has 0 aliphatic carbocycles. The second kappa shape index (κ2) is 4.92. The predicted molar refractivity (Wildman–Crippen MR) is 79.5 cm³/mol. The predicted octanol–water partition coefficient (Wildman–Crippen LogP) is 2.87. The van der Waals surface area contributed by atoms with Gasteiger partial charge in [-0.3, -0.25) is 0 Å². The molecule has 1 aromatic carbocycles. The third-order valence-electron chi connectivity index (χ3n) is 3.34. The van der Waals surface area contributed by atoms with Gasteiger partial charge in [0.15, 0.2) is 11.4 Å². The molecule has 0 N–H and O–H groups in total. The molecule has 0 aliphatic rings. The van der Waals surface area contributed by atoms with Gasteiger partial charge in [-0.25, -0.2) is 0 Å². The Labute approximate surface area is 124 Å². The number of aryl methyl sites for hydroxylation is 1. The van der Waals surface area contributed by atoms with Gasteiger partial charge in [0.2, 0.25) is 4.96 Å². The summed E-state index contributed by atoms with van der Waals surface area (Å²) in [5.74, 6) is 0.917. The van der Waals surface area contributed by atoms with Crippen molar-refractivity contribution in [1.82, 2.24) is 25.0 Å². The highest BCUT2D eigenvalue weighted by Gasteiger charge is 2.14. The van der Waals surface area contributed by atoms with E-state index in [0.717, 1.165) is 45.3 Å². The zero-order chi connectivity index (χ0) is 14.2. The molecule has 0 saturated carbocycles. The maximum Gasteiger partial charge on any atom is 0.234 e. The van der Waals surface area contributed by atoms with E-state index in [2.05, 4.69) is 27.4 Å². The molecule has 0 radical (unpaired) electrons. The number of benzene rings is 1. The normalized spacial score (nSPS) is 11.7. The summed E-state index contributed by atoms with van der Waals surface area (Å²) in [6, 6.07) is 7.87. The van der Waals surface area contributed by atoms with E-state index in [-0.39, 0.29) is 0 Å². The molecule has 7 heteroatoms. The van der Waals surface area contributed by atoms with Crippen LogP contribution >= 0.6 is 11.3 Å². The van der Waals surface area contributed by atoms with Crippen LogP contribution in [0.5, 0.6) is 0 Å². The van der Waals surface area contributed by atoms with E-state index in [4.69, 9.17) is 4.52 Å². The Morgan fingerprint density at radius 1 is 1.24 bits per heavy atom. The Hall–Kier alpha value is -2.28. The fraction of sp³-hybridized carbons (Fsp3) is 0.286. The fourth-order valence-corrected chi connectivity index (χ4v) is 3.21. The smallest absolute Gasteiger partial charge is 0.234 e. The molecule has 0 saturated heterocycles. The highest BCUT2D eigenvalue weighted by Crippen LogP contribution is 2.23. The first kappa shape index (κ1) is 12.5. The topological polar surface area (TPSA) is 69.1 Å². The summed E-state index contributed by atoms with van der Waals surface area (Å²) < 4.78 is 7.17. The van der Waals surface area contributed by atoms with Crippen molar-refractivity contribution in [3.05, 3.63) is 40.8 Å². The highest BCUT2D eigenvalue weighted by atomic mass is 32.1. The first-order valence-electron chi connectivity index (χ1n) is 6.88. The van der Waals surface area contributed by atoms with Crippen molar-refractivity contribution < 1.29 is 4.52 Å². The van der Waals surface area contributed by atoms with Crippen LogP contribution in [0.25, 0.3) is 15.9 Å². The van der Waals surface area contributed by atoms with Crippen molar-refractivity contribution in [3.8, 4) is 0 Å². The van der Waals surface area contributed by atoms with Crippen LogP contribution in [0.1, 0.15) is 29.9 Å². The van der Waals surface area contributed by atoms with Crippen LogP contribution in [0.2, 0.25) is 0 Å². The number of rotatable bonds is 4. The minimum atomic E-state index is 0.649. The lowest BCUT2D eigenvalue weighted by atomic mass is 10.2. The Balaban J connectivity index is 1.70. The molecule has 0 unspecified atom stereocenters. The van der Waals surface area contributed by atoms with Gasteiger partial charge in [-0.05, 0) is 18.6 Å². The van der Waals surface area contributed by atoms with Crippen molar-refractivity contribution in [3.63, 3.8) is 0 Å². The molecule has 3 heterocycles. The molecule has 0 bridgehead atoms. The van der Waals surface area contributed by atoms with Gasteiger partial charge < -0.3 is 4.52 Å². The van der Waals surface area contributed by atoms with Gasteiger partial charge in [0.05, 0.1) is 5.69 Å². The van der Waals surface area contributed by atoms with Gasteiger partial charge in [0, 0.05) is 18.2 Å². The molecule has 21 heavy (non-hydrogen) atoms. The zero-order valence-corrected chi connectivity index (χ0v) is 12.3. The van der Waals surface area contributed by atoms with Gasteiger partial charge in [-0.15, -0.1) is 10.2 Å². The van der Waals surface area contributed by atoms with E-state index in [1.807, 2.05) is 28.8 Å². The molecule has 6 nitrogen and oxygen atoms in total. The molecular formula is C14H13N5OS. The van der Waals surface area contributed by atoms with E-state index in [1.54, 1.807) is 11.3 Å². The van der Waals surface area contributed by atoms with Crippen LogP contribution in [0, 0.1) is 0 Å². The second-order valence-electron chi connectivity index (χ2n) is 4.86. The maximum absolute atomic E-state index is 5.33. The third kappa shape index (κ3) is 2.09. The Morgan fingerprint density at radius 3 is 3.05 bits per heavy atom. The first-order chi connectivity index (χ1) is 10.3. The van der Waals surface area contributed by atoms with E-state index >= 15 is 0 Å². The Kier molecular flexibility index (Phi) is 2.92. The van der Waals surface area contributed by atoms with E-state index < -0.39 is 0 Å². The number of hydrogen-bond acceptors (Lipinski definition) is 6. The summed E-state index contributed by atoms with van der Waals surface area (Å²) >= 11 is 1.55. The summed E-state index contributed by atoms with van der Waals surface area (Å²) in [4.78, 5) is 0.834. The Bertz CT molecular complexity index is 906. The van der Waals surface area contributed by atoms with Gasteiger partial charge >= 0.3 is 0 Å². The van der Waals surface area contributed by atoms with Crippen LogP contribution < -0.4 is 0 Å².